The van der Waals surface area contributed by atoms with E-state index in [0.29, 0.717) is 12.3 Å². The molecule has 0 fully saturated rings. The number of carbonyl (C=O) groups excluding carboxylic acids is 1. The maximum Gasteiger partial charge on any atom is 0.230 e. The Morgan fingerprint density at radius 3 is 2.74 bits per heavy atom. The van der Waals surface area contributed by atoms with Gasteiger partial charge in [-0.1, -0.05) is 28.1 Å². The van der Waals surface area contributed by atoms with Crippen LogP contribution in [0.2, 0.25) is 0 Å². The second-order valence-electron chi connectivity index (χ2n) is 3.98. The first-order valence-electron chi connectivity index (χ1n) is 5.85. The lowest BCUT2D eigenvalue weighted by molar-refractivity contribution is -0.118. The molecule has 1 heterocycles. The summed E-state index contributed by atoms with van der Waals surface area (Å²) >= 11 is 5.00. The van der Waals surface area contributed by atoms with E-state index in [1.807, 2.05) is 24.3 Å². The SMILES string of the molecule is O=C(CSCc1ccc(Br)cc1)NCc1ccco1. The van der Waals surface area contributed by atoms with Gasteiger partial charge in [0.25, 0.3) is 0 Å². The van der Waals surface area contributed by atoms with Crippen molar-refractivity contribution in [1.29, 1.82) is 0 Å². The Balaban J connectivity index is 1.65. The fraction of sp³-hybridized carbons (Fsp3) is 0.214. The van der Waals surface area contributed by atoms with Crippen molar-refractivity contribution in [3.8, 4) is 0 Å². The van der Waals surface area contributed by atoms with Gasteiger partial charge >= 0.3 is 0 Å². The lowest BCUT2D eigenvalue weighted by Gasteiger charge is -2.04. The van der Waals surface area contributed by atoms with Crippen LogP contribution in [-0.4, -0.2) is 11.7 Å². The Kier molecular flexibility index (Phi) is 5.54. The van der Waals surface area contributed by atoms with Gasteiger partial charge in [0.15, 0.2) is 0 Å². The first-order valence-corrected chi connectivity index (χ1v) is 7.80. The number of furan rings is 1. The standard InChI is InChI=1S/C14H14BrNO2S/c15-12-5-3-11(4-6-12)9-19-10-14(17)16-8-13-2-1-7-18-13/h1-7H,8-10H2,(H,16,17). The smallest absolute Gasteiger partial charge is 0.230 e. The summed E-state index contributed by atoms with van der Waals surface area (Å²) in [5.74, 6) is 2.09. The molecule has 1 amide bonds. The van der Waals surface area contributed by atoms with Crippen LogP contribution in [0.5, 0.6) is 0 Å². The number of hydrogen-bond donors (Lipinski definition) is 1. The van der Waals surface area contributed by atoms with Crippen molar-refractivity contribution in [2.75, 3.05) is 5.75 Å². The van der Waals surface area contributed by atoms with Crippen molar-refractivity contribution in [3.05, 3.63) is 58.5 Å². The van der Waals surface area contributed by atoms with Gasteiger partial charge in [0.05, 0.1) is 18.6 Å². The predicted octanol–water partition coefficient (Wildman–Crippen LogP) is 3.59. The number of nitrogens with one attached hydrogen (secondary N) is 1. The Morgan fingerprint density at radius 2 is 2.05 bits per heavy atom. The minimum atomic E-state index is 0.0264. The van der Waals surface area contributed by atoms with Gasteiger partial charge in [0.2, 0.25) is 5.91 Å². The highest BCUT2D eigenvalue weighted by molar-refractivity contribution is 9.10. The average Bonchev–Trinajstić information content (AvgIpc) is 2.92. The number of rotatable bonds is 6. The number of halogens is 1. The van der Waals surface area contributed by atoms with Crippen LogP contribution in [0.25, 0.3) is 0 Å². The summed E-state index contributed by atoms with van der Waals surface area (Å²) in [6.45, 7) is 0.449. The molecule has 0 unspecified atom stereocenters. The number of thioether (sulfide) groups is 1. The summed E-state index contributed by atoms with van der Waals surface area (Å²) in [4.78, 5) is 11.6. The molecule has 0 saturated carbocycles. The van der Waals surface area contributed by atoms with Crippen molar-refractivity contribution in [2.24, 2.45) is 0 Å². The lowest BCUT2D eigenvalue weighted by atomic mass is 10.2. The summed E-state index contributed by atoms with van der Waals surface area (Å²) in [5.41, 5.74) is 1.21. The third-order valence-corrected chi connectivity index (χ3v) is 3.99. The Morgan fingerprint density at radius 1 is 1.26 bits per heavy atom. The van der Waals surface area contributed by atoms with Gasteiger partial charge in [-0.05, 0) is 29.8 Å². The van der Waals surface area contributed by atoms with Gasteiger partial charge in [0, 0.05) is 10.2 Å². The van der Waals surface area contributed by atoms with E-state index in [2.05, 4.69) is 33.4 Å². The molecule has 3 nitrogen and oxygen atoms in total. The van der Waals surface area contributed by atoms with E-state index < -0.39 is 0 Å². The summed E-state index contributed by atoms with van der Waals surface area (Å²) in [5, 5.41) is 2.82. The van der Waals surface area contributed by atoms with E-state index >= 15 is 0 Å². The first kappa shape index (κ1) is 14.2. The van der Waals surface area contributed by atoms with E-state index in [1.54, 1.807) is 18.0 Å². The zero-order valence-corrected chi connectivity index (χ0v) is 12.7. The molecule has 0 bridgehead atoms. The zero-order chi connectivity index (χ0) is 13.5. The molecule has 1 aromatic carbocycles. The van der Waals surface area contributed by atoms with Crippen LogP contribution in [0.3, 0.4) is 0 Å². The molecule has 0 aliphatic heterocycles. The number of amides is 1. The lowest BCUT2D eigenvalue weighted by Crippen LogP contribution is -2.24. The van der Waals surface area contributed by atoms with E-state index in [-0.39, 0.29) is 5.91 Å². The maximum atomic E-state index is 11.6. The van der Waals surface area contributed by atoms with Gasteiger partial charge in [0.1, 0.15) is 5.76 Å². The molecule has 0 aliphatic carbocycles. The van der Waals surface area contributed by atoms with E-state index in [0.717, 1.165) is 16.0 Å². The summed E-state index contributed by atoms with van der Waals surface area (Å²) in [6.07, 6.45) is 1.60. The van der Waals surface area contributed by atoms with E-state index in [4.69, 9.17) is 4.42 Å². The summed E-state index contributed by atoms with van der Waals surface area (Å²) in [7, 11) is 0. The van der Waals surface area contributed by atoms with Gasteiger partial charge in [-0.15, -0.1) is 11.8 Å². The molecule has 0 saturated heterocycles. The molecule has 2 rings (SSSR count). The van der Waals surface area contributed by atoms with Crippen LogP contribution in [-0.2, 0) is 17.1 Å². The quantitative estimate of drug-likeness (QED) is 0.874. The molecule has 1 N–H and O–H groups in total. The van der Waals surface area contributed by atoms with Crippen LogP contribution in [0, 0.1) is 0 Å². The average molecular weight is 340 g/mol. The molecule has 0 atom stereocenters. The second kappa shape index (κ2) is 7.40. The van der Waals surface area contributed by atoms with Gasteiger partial charge < -0.3 is 9.73 Å². The molecule has 1 aromatic heterocycles. The molecular weight excluding hydrogens is 326 g/mol. The van der Waals surface area contributed by atoms with E-state index in [9.17, 15) is 4.79 Å². The fourth-order valence-corrected chi connectivity index (χ4v) is 2.57. The molecule has 0 radical (unpaired) electrons. The van der Waals surface area contributed by atoms with Crippen molar-refractivity contribution >= 4 is 33.6 Å². The highest BCUT2D eigenvalue weighted by atomic mass is 79.9. The number of benzene rings is 1. The van der Waals surface area contributed by atoms with Crippen molar-refractivity contribution in [3.63, 3.8) is 0 Å². The van der Waals surface area contributed by atoms with Gasteiger partial charge in [-0.2, -0.15) is 0 Å². The monoisotopic (exact) mass is 339 g/mol. The second-order valence-corrected chi connectivity index (χ2v) is 5.88. The molecule has 19 heavy (non-hydrogen) atoms. The summed E-state index contributed by atoms with van der Waals surface area (Å²) < 4.78 is 6.21. The van der Waals surface area contributed by atoms with Crippen LogP contribution in [0.1, 0.15) is 11.3 Å². The highest BCUT2D eigenvalue weighted by Gasteiger charge is 2.03. The molecule has 0 spiro atoms. The Hall–Kier alpha value is -1.20. The first-order chi connectivity index (χ1) is 9.24. The van der Waals surface area contributed by atoms with Crippen LogP contribution >= 0.6 is 27.7 Å². The highest BCUT2D eigenvalue weighted by Crippen LogP contribution is 2.15. The van der Waals surface area contributed by atoms with Crippen molar-refractivity contribution < 1.29 is 9.21 Å². The molecule has 100 valence electrons. The maximum absolute atomic E-state index is 11.6. The zero-order valence-electron chi connectivity index (χ0n) is 10.3. The van der Waals surface area contributed by atoms with Crippen LogP contribution < -0.4 is 5.32 Å². The van der Waals surface area contributed by atoms with Gasteiger partial charge in [-0.25, -0.2) is 0 Å². The molecule has 0 aliphatic rings. The van der Waals surface area contributed by atoms with Crippen molar-refractivity contribution in [1.82, 2.24) is 5.32 Å². The normalized spacial score (nSPS) is 10.4. The minimum absolute atomic E-state index is 0.0264. The Labute approximate surface area is 124 Å². The molecule has 2 aromatic rings. The predicted molar refractivity (Wildman–Crippen MR) is 80.9 cm³/mol. The van der Waals surface area contributed by atoms with Crippen LogP contribution in [0.4, 0.5) is 0 Å². The summed E-state index contributed by atoms with van der Waals surface area (Å²) in [6, 6.07) is 11.8. The van der Waals surface area contributed by atoms with E-state index in [1.165, 1.54) is 5.56 Å². The molecular formula is C14H14BrNO2S. The topological polar surface area (TPSA) is 42.2 Å². The number of carbonyl (C=O) groups is 1. The number of hydrogen-bond acceptors (Lipinski definition) is 3. The van der Waals surface area contributed by atoms with Gasteiger partial charge in [-0.3, -0.25) is 4.79 Å². The third kappa shape index (κ3) is 5.12. The molecule has 5 heteroatoms. The minimum Gasteiger partial charge on any atom is -0.467 e. The largest absolute Gasteiger partial charge is 0.467 e. The van der Waals surface area contributed by atoms with Crippen LogP contribution in [0.15, 0.2) is 51.6 Å². The fourth-order valence-electron chi connectivity index (χ4n) is 1.49. The third-order valence-electron chi connectivity index (χ3n) is 2.46. The van der Waals surface area contributed by atoms with Crippen molar-refractivity contribution in [2.45, 2.75) is 12.3 Å². The Bertz CT molecular complexity index is 511.